The summed E-state index contributed by atoms with van der Waals surface area (Å²) in [6, 6.07) is 3.84. The van der Waals surface area contributed by atoms with Crippen LogP contribution in [0.1, 0.15) is 35.7 Å². The molecule has 0 radical (unpaired) electrons. The Morgan fingerprint density at radius 1 is 1.05 bits per heavy atom. The van der Waals surface area contributed by atoms with Crippen LogP contribution in [0.4, 0.5) is 0 Å². The fraction of sp³-hybridized carbons (Fsp3) is 0.562. The first-order valence-electron chi connectivity index (χ1n) is 7.48. The lowest BCUT2D eigenvalue weighted by Gasteiger charge is -2.29. The summed E-state index contributed by atoms with van der Waals surface area (Å²) in [6.45, 7) is 7.67. The molecule has 0 aromatic heterocycles. The number of nitrogens with zero attached hydrogens (tertiary/aromatic N) is 1. The largest absolute Gasteiger partial charge is 0.486 e. The van der Waals surface area contributed by atoms with Gasteiger partial charge in [-0.2, -0.15) is 0 Å². The molecular formula is C16H21NO4. The van der Waals surface area contributed by atoms with E-state index in [1.165, 1.54) is 0 Å². The number of carbonyl (C=O) groups is 1. The number of hydrogen-bond acceptors (Lipinski definition) is 4. The molecule has 1 aromatic carbocycles. The van der Waals surface area contributed by atoms with Crippen LogP contribution in [0, 0.1) is 0 Å². The number of fused-ring (bicyclic) bond motifs is 1. The van der Waals surface area contributed by atoms with Crippen molar-refractivity contribution < 1.29 is 19.0 Å². The maximum absolute atomic E-state index is 12.7. The summed E-state index contributed by atoms with van der Waals surface area (Å²) >= 11 is 0. The van der Waals surface area contributed by atoms with Gasteiger partial charge in [0.2, 0.25) is 0 Å². The zero-order valence-corrected chi connectivity index (χ0v) is 12.6. The van der Waals surface area contributed by atoms with Crippen molar-refractivity contribution in [2.24, 2.45) is 0 Å². The zero-order valence-electron chi connectivity index (χ0n) is 12.6. The van der Waals surface area contributed by atoms with Crippen LogP contribution in [0.5, 0.6) is 11.5 Å². The molecule has 2 aliphatic heterocycles. The molecule has 3 rings (SSSR count). The summed E-state index contributed by atoms with van der Waals surface area (Å²) in [6.07, 6.45) is 0. The van der Waals surface area contributed by atoms with Gasteiger partial charge in [-0.1, -0.05) is 19.9 Å². The van der Waals surface area contributed by atoms with Crippen LogP contribution in [0.3, 0.4) is 0 Å². The van der Waals surface area contributed by atoms with Gasteiger partial charge in [-0.05, 0) is 12.0 Å². The molecule has 0 bridgehead atoms. The molecule has 0 unspecified atom stereocenters. The van der Waals surface area contributed by atoms with Crippen molar-refractivity contribution in [1.29, 1.82) is 0 Å². The molecule has 1 amide bonds. The van der Waals surface area contributed by atoms with Crippen LogP contribution >= 0.6 is 0 Å². The number of hydrogen-bond donors (Lipinski definition) is 0. The molecule has 1 fully saturated rings. The molecule has 0 spiro atoms. The van der Waals surface area contributed by atoms with Gasteiger partial charge in [-0.15, -0.1) is 0 Å². The molecule has 5 heteroatoms. The number of morpholine rings is 1. The molecule has 2 aliphatic rings. The summed E-state index contributed by atoms with van der Waals surface area (Å²) in [5, 5.41) is 0. The van der Waals surface area contributed by atoms with Gasteiger partial charge in [0, 0.05) is 18.7 Å². The first-order chi connectivity index (χ1) is 10.2. The van der Waals surface area contributed by atoms with Crippen molar-refractivity contribution in [2.45, 2.75) is 19.8 Å². The predicted molar refractivity (Wildman–Crippen MR) is 78.2 cm³/mol. The van der Waals surface area contributed by atoms with Gasteiger partial charge in [0.05, 0.1) is 18.8 Å². The second kappa shape index (κ2) is 5.93. The van der Waals surface area contributed by atoms with Gasteiger partial charge in [-0.3, -0.25) is 4.79 Å². The highest BCUT2D eigenvalue weighted by molar-refractivity contribution is 5.98. The summed E-state index contributed by atoms with van der Waals surface area (Å²) in [5.41, 5.74) is 1.68. The molecule has 2 heterocycles. The van der Waals surface area contributed by atoms with Crippen LogP contribution in [-0.2, 0) is 4.74 Å². The number of amides is 1. The fourth-order valence-electron chi connectivity index (χ4n) is 2.72. The summed E-state index contributed by atoms with van der Waals surface area (Å²) in [5.74, 6) is 1.66. The highest BCUT2D eigenvalue weighted by Crippen LogP contribution is 2.40. The van der Waals surface area contributed by atoms with Gasteiger partial charge in [0.25, 0.3) is 5.91 Å². The highest BCUT2D eigenvalue weighted by atomic mass is 16.6. The SMILES string of the molecule is CC(C)c1ccc(C(=O)N2CCOCC2)c2c1OCCO2. The predicted octanol–water partition coefficient (Wildman–Crippen LogP) is 2.05. The van der Waals surface area contributed by atoms with Gasteiger partial charge < -0.3 is 19.1 Å². The number of ether oxygens (including phenoxy) is 3. The topological polar surface area (TPSA) is 48.0 Å². The Hall–Kier alpha value is -1.75. The van der Waals surface area contributed by atoms with E-state index in [4.69, 9.17) is 14.2 Å². The molecule has 1 saturated heterocycles. The Kier molecular flexibility index (Phi) is 4.01. The molecule has 0 N–H and O–H groups in total. The first-order valence-corrected chi connectivity index (χ1v) is 7.48. The van der Waals surface area contributed by atoms with Crippen molar-refractivity contribution >= 4 is 5.91 Å². The van der Waals surface area contributed by atoms with E-state index in [1.807, 2.05) is 17.0 Å². The molecule has 0 aliphatic carbocycles. The highest BCUT2D eigenvalue weighted by Gasteiger charge is 2.28. The van der Waals surface area contributed by atoms with Gasteiger partial charge in [0.1, 0.15) is 13.2 Å². The Balaban J connectivity index is 1.97. The van der Waals surface area contributed by atoms with Crippen molar-refractivity contribution in [2.75, 3.05) is 39.5 Å². The molecule has 0 atom stereocenters. The van der Waals surface area contributed by atoms with Crippen LogP contribution < -0.4 is 9.47 Å². The number of rotatable bonds is 2. The smallest absolute Gasteiger partial charge is 0.257 e. The van der Waals surface area contributed by atoms with E-state index >= 15 is 0 Å². The lowest BCUT2D eigenvalue weighted by Crippen LogP contribution is -2.41. The van der Waals surface area contributed by atoms with Crippen LogP contribution in [0.2, 0.25) is 0 Å². The first kappa shape index (κ1) is 14.2. The normalized spacial score (nSPS) is 18.0. The second-order valence-corrected chi connectivity index (χ2v) is 5.62. The Morgan fingerprint density at radius 3 is 2.38 bits per heavy atom. The maximum atomic E-state index is 12.7. The number of carbonyl (C=O) groups excluding carboxylic acids is 1. The van der Waals surface area contributed by atoms with Crippen LogP contribution in [-0.4, -0.2) is 50.3 Å². The molecule has 5 nitrogen and oxygen atoms in total. The van der Waals surface area contributed by atoms with Crippen LogP contribution in [0.25, 0.3) is 0 Å². The van der Waals surface area contributed by atoms with Crippen LogP contribution in [0.15, 0.2) is 12.1 Å². The molecule has 21 heavy (non-hydrogen) atoms. The van der Waals surface area contributed by atoms with Gasteiger partial charge >= 0.3 is 0 Å². The second-order valence-electron chi connectivity index (χ2n) is 5.62. The average molecular weight is 291 g/mol. The Labute approximate surface area is 124 Å². The quantitative estimate of drug-likeness (QED) is 0.837. The summed E-state index contributed by atoms with van der Waals surface area (Å²) in [7, 11) is 0. The number of benzene rings is 1. The minimum atomic E-state index is -0.00430. The lowest BCUT2D eigenvalue weighted by atomic mass is 9.98. The Morgan fingerprint density at radius 2 is 1.71 bits per heavy atom. The van der Waals surface area contributed by atoms with Crippen molar-refractivity contribution in [3.63, 3.8) is 0 Å². The minimum Gasteiger partial charge on any atom is -0.486 e. The summed E-state index contributed by atoms with van der Waals surface area (Å²) < 4.78 is 16.8. The zero-order chi connectivity index (χ0) is 14.8. The lowest BCUT2D eigenvalue weighted by molar-refractivity contribution is 0.0298. The third kappa shape index (κ3) is 2.70. The molecular weight excluding hydrogens is 270 g/mol. The molecule has 1 aromatic rings. The standard InChI is InChI=1S/C16H21NO4/c1-11(2)12-3-4-13(15-14(12)20-9-10-21-15)16(18)17-5-7-19-8-6-17/h3-4,11H,5-10H2,1-2H3. The fourth-order valence-corrected chi connectivity index (χ4v) is 2.72. The van der Waals surface area contributed by atoms with Crippen molar-refractivity contribution in [3.8, 4) is 11.5 Å². The van der Waals surface area contributed by atoms with Crippen molar-refractivity contribution in [1.82, 2.24) is 4.90 Å². The monoisotopic (exact) mass is 291 g/mol. The van der Waals surface area contributed by atoms with E-state index in [1.54, 1.807) is 0 Å². The van der Waals surface area contributed by atoms with E-state index in [9.17, 15) is 4.79 Å². The molecule has 0 saturated carbocycles. The van der Waals surface area contributed by atoms with E-state index in [-0.39, 0.29) is 5.91 Å². The van der Waals surface area contributed by atoms with E-state index < -0.39 is 0 Å². The maximum Gasteiger partial charge on any atom is 0.257 e. The Bertz CT molecular complexity index is 535. The van der Waals surface area contributed by atoms with Crippen molar-refractivity contribution in [3.05, 3.63) is 23.3 Å². The van der Waals surface area contributed by atoms with E-state index in [0.717, 1.165) is 11.3 Å². The molecule has 114 valence electrons. The van der Waals surface area contributed by atoms with E-state index in [2.05, 4.69) is 13.8 Å². The third-order valence-electron chi connectivity index (χ3n) is 3.87. The average Bonchev–Trinajstić information content (AvgIpc) is 2.54. The van der Waals surface area contributed by atoms with Gasteiger partial charge in [-0.25, -0.2) is 0 Å². The third-order valence-corrected chi connectivity index (χ3v) is 3.87. The minimum absolute atomic E-state index is 0.00430. The van der Waals surface area contributed by atoms with E-state index in [0.29, 0.717) is 56.7 Å². The van der Waals surface area contributed by atoms with Gasteiger partial charge in [0.15, 0.2) is 11.5 Å². The summed E-state index contributed by atoms with van der Waals surface area (Å²) in [4.78, 5) is 14.5.